The van der Waals surface area contributed by atoms with Crippen LogP contribution >= 0.6 is 0 Å². The van der Waals surface area contributed by atoms with Crippen LogP contribution in [0.3, 0.4) is 0 Å². The topological polar surface area (TPSA) is 50.1 Å². The summed E-state index contributed by atoms with van der Waals surface area (Å²) < 4.78 is 5.67. The van der Waals surface area contributed by atoms with Gasteiger partial charge < -0.3 is 14.6 Å². The van der Waals surface area contributed by atoms with E-state index < -0.39 is 0 Å². The third-order valence-electron chi connectivity index (χ3n) is 4.26. The number of hydrogen-bond donors (Lipinski definition) is 1. The minimum absolute atomic E-state index is 0.0543. The number of quaternary nitrogens is 1. The van der Waals surface area contributed by atoms with Crippen LogP contribution in [-0.2, 0) is 4.79 Å². The fraction of sp³-hybridized carbons (Fsp3) is 0.190. The lowest BCUT2D eigenvalue weighted by molar-refractivity contribution is -0.716. The summed E-state index contributed by atoms with van der Waals surface area (Å²) in [6.07, 6.45) is 1.67. The summed E-state index contributed by atoms with van der Waals surface area (Å²) in [5, 5.41) is 2.08. The van der Waals surface area contributed by atoms with Crippen LogP contribution in [0.5, 0.6) is 0 Å². The molecule has 1 aromatic heterocycles. The zero-order valence-electron chi connectivity index (χ0n) is 14.5. The summed E-state index contributed by atoms with van der Waals surface area (Å²) in [5.41, 5.74) is 2.08. The van der Waals surface area contributed by atoms with E-state index in [1.807, 2.05) is 60.7 Å². The molecule has 2 atom stereocenters. The molecular formula is C21H23N2O2+. The Bertz CT molecular complexity index is 783. The Labute approximate surface area is 148 Å². The van der Waals surface area contributed by atoms with Gasteiger partial charge in [-0.3, -0.25) is 4.79 Å². The van der Waals surface area contributed by atoms with Gasteiger partial charge in [-0.15, -0.1) is 0 Å². The first kappa shape index (κ1) is 17.0. The van der Waals surface area contributed by atoms with Gasteiger partial charge in [-0.1, -0.05) is 60.7 Å². The molecule has 0 saturated heterocycles. The van der Waals surface area contributed by atoms with E-state index in [2.05, 4.69) is 17.4 Å². The van der Waals surface area contributed by atoms with E-state index in [9.17, 15) is 4.79 Å². The molecule has 3 rings (SSSR count). The summed E-state index contributed by atoms with van der Waals surface area (Å²) in [6, 6.07) is 23.4. The molecule has 1 heterocycles. The predicted octanol–water partition coefficient (Wildman–Crippen LogP) is 2.76. The average Bonchev–Trinajstić information content (AvgIpc) is 3.18. The molecule has 0 unspecified atom stereocenters. The summed E-state index contributed by atoms with van der Waals surface area (Å²) in [4.78, 5) is 14.5. The van der Waals surface area contributed by atoms with E-state index in [-0.39, 0.29) is 18.0 Å². The van der Waals surface area contributed by atoms with Gasteiger partial charge in [0.15, 0.2) is 17.8 Å². The quantitative estimate of drug-likeness (QED) is 0.753. The third kappa shape index (κ3) is 3.98. The number of nitrogens with zero attached hydrogens (tertiary/aromatic N) is 1. The molecule has 0 spiro atoms. The fourth-order valence-corrected chi connectivity index (χ4v) is 2.97. The van der Waals surface area contributed by atoms with Gasteiger partial charge in [0.25, 0.3) is 5.91 Å². The number of carbonyl (C=O) groups is 1. The second-order valence-corrected chi connectivity index (χ2v) is 6.22. The molecule has 1 amide bonds. The summed E-state index contributed by atoms with van der Waals surface area (Å²) in [6.45, 7) is 0. The van der Waals surface area contributed by atoms with Crippen molar-refractivity contribution in [2.24, 2.45) is 0 Å². The molecule has 2 aromatic carbocycles. The predicted molar refractivity (Wildman–Crippen MR) is 96.8 cm³/mol. The highest BCUT2D eigenvalue weighted by molar-refractivity contribution is 5.81. The van der Waals surface area contributed by atoms with Crippen molar-refractivity contribution in [2.75, 3.05) is 14.1 Å². The molecule has 0 saturated carbocycles. The molecule has 0 aliphatic rings. The molecule has 2 N–H and O–H groups in total. The second-order valence-electron chi connectivity index (χ2n) is 6.22. The van der Waals surface area contributed by atoms with E-state index >= 15 is 0 Å². The molecule has 3 aromatic rings. The number of likely N-dealkylation sites (N-methyl/N-ethyl adjacent to an activating group) is 1. The van der Waals surface area contributed by atoms with Crippen LogP contribution in [0.4, 0.5) is 0 Å². The van der Waals surface area contributed by atoms with E-state index in [1.54, 1.807) is 25.3 Å². The van der Waals surface area contributed by atoms with E-state index in [0.29, 0.717) is 0 Å². The second kappa shape index (κ2) is 7.81. The number of hydrogen-bond acceptors (Lipinski definition) is 2. The SMILES string of the molecule is CN(C)C(=O)[C@H]([NH2+][C@H](c1ccccc1)c1ccco1)c1ccccc1. The van der Waals surface area contributed by atoms with E-state index in [0.717, 1.165) is 16.9 Å². The van der Waals surface area contributed by atoms with Crippen LogP contribution in [0, 0.1) is 0 Å². The van der Waals surface area contributed by atoms with Crippen molar-refractivity contribution >= 4 is 5.91 Å². The van der Waals surface area contributed by atoms with Crippen LogP contribution in [0.25, 0.3) is 0 Å². The summed E-state index contributed by atoms with van der Waals surface area (Å²) in [7, 11) is 3.58. The maximum absolute atomic E-state index is 12.8. The Balaban J connectivity index is 1.98. The lowest BCUT2D eigenvalue weighted by atomic mass is 10.00. The van der Waals surface area contributed by atoms with Gasteiger partial charge in [-0.25, -0.2) is 0 Å². The van der Waals surface area contributed by atoms with Crippen molar-refractivity contribution in [2.45, 2.75) is 12.1 Å². The first-order valence-corrected chi connectivity index (χ1v) is 8.36. The lowest BCUT2D eigenvalue weighted by Crippen LogP contribution is -2.88. The first-order chi connectivity index (χ1) is 12.2. The Morgan fingerprint density at radius 3 is 2.00 bits per heavy atom. The Kier molecular flexibility index (Phi) is 5.31. The van der Waals surface area contributed by atoms with Crippen molar-refractivity contribution in [3.63, 3.8) is 0 Å². The molecule has 25 heavy (non-hydrogen) atoms. The average molecular weight is 335 g/mol. The first-order valence-electron chi connectivity index (χ1n) is 8.36. The number of carbonyl (C=O) groups excluding carboxylic acids is 1. The van der Waals surface area contributed by atoms with Gasteiger partial charge in [0, 0.05) is 25.2 Å². The van der Waals surface area contributed by atoms with Gasteiger partial charge >= 0.3 is 0 Å². The largest absolute Gasteiger partial charge is 0.463 e. The van der Waals surface area contributed by atoms with Gasteiger partial charge in [0.2, 0.25) is 0 Å². The van der Waals surface area contributed by atoms with Crippen LogP contribution in [-0.4, -0.2) is 24.9 Å². The van der Waals surface area contributed by atoms with Crippen molar-refractivity contribution < 1.29 is 14.5 Å². The highest BCUT2D eigenvalue weighted by Gasteiger charge is 2.31. The molecule has 0 aliphatic carbocycles. The van der Waals surface area contributed by atoms with Crippen LogP contribution < -0.4 is 5.32 Å². The number of benzene rings is 2. The zero-order chi connectivity index (χ0) is 17.6. The Morgan fingerprint density at radius 2 is 1.48 bits per heavy atom. The monoisotopic (exact) mass is 335 g/mol. The maximum Gasteiger partial charge on any atom is 0.285 e. The van der Waals surface area contributed by atoms with Gasteiger partial charge in [-0.2, -0.15) is 0 Å². The molecule has 0 radical (unpaired) electrons. The Morgan fingerprint density at radius 1 is 0.880 bits per heavy atom. The van der Waals surface area contributed by atoms with Gasteiger partial charge in [0.05, 0.1) is 6.26 Å². The smallest absolute Gasteiger partial charge is 0.285 e. The summed E-state index contributed by atoms with van der Waals surface area (Å²) >= 11 is 0. The molecule has 0 aliphatic heterocycles. The van der Waals surface area contributed by atoms with Crippen LogP contribution in [0.15, 0.2) is 83.5 Å². The maximum atomic E-state index is 12.8. The molecule has 128 valence electrons. The van der Waals surface area contributed by atoms with Crippen molar-refractivity contribution in [3.8, 4) is 0 Å². The molecule has 4 heteroatoms. The molecule has 0 bridgehead atoms. The minimum Gasteiger partial charge on any atom is -0.463 e. The van der Waals surface area contributed by atoms with E-state index in [1.165, 1.54) is 0 Å². The van der Waals surface area contributed by atoms with Crippen molar-refractivity contribution in [1.29, 1.82) is 0 Å². The van der Waals surface area contributed by atoms with Gasteiger partial charge in [0.1, 0.15) is 0 Å². The van der Waals surface area contributed by atoms with Gasteiger partial charge in [-0.05, 0) is 12.1 Å². The molecule has 0 fully saturated rings. The lowest BCUT2D eigenvalue weighted by Gasteiger charge is -2.23. The van der Waals surface area contributed by atoms with Crippen LogP contribution in [0.2, 0.25) is 0 Å². The Hall–Kier alpha value is -2.85. The minimum atomic E-state index is -0.341. The highest BCUT2D eigenvalue weighted by atomic mass is 16.3. The molecular weight excluding hydrogens is 312 g/mol. The number of amides is 1. The fourth-order valence-electron chi connectivity index (χ4n) is 2.97. The number of furan rings is 1. The third-order valence-corrected chi connectivity index (χ3v) is 4.26. The zero-order valence-corrected chi connectivity index (χ0v) is 14.5. The number of rotatable bonds is 6. The van der Waals surface area contributed by atoms with Crippen molar-refractivity contribution in [1.82, 2.24) is 4.90 Å². The highest BCUT2D eigenvalue weighted by Crippen LogP contribution is 2.21. The number of nitrogens with two attached hydrogens (primary N) is 1. The van der Waals surface area contributed by atoms with Crippen LogP contribution in [0.1, 0.15) is 29.0 Å². The summed E-state index contributed by atoms with van der Waals surface area (Å²) in [5.74, 6) is 0.886. The normalized spacial score (nSPS) is 13.2. The molecule has 4 nitrogen and oxygen atoms in total. The van der Waals surface area contributed by atoms with E-state index in [4.69, 9.17) is 4.42 Å². The van der Waals surface area contributed by atoms with Crippen molar-refractivity contribution in [3.05, 3.63) is 95.9 Å². The standard InChI is InChI=1S/C21H22N2O2/c1-23(2)21(24)20(17-12-7-4-8-13-17)22-19(18-14-9-15-25-18)16-10-5-3-6-11-16/h3-15,19-20,22H,1-2H3/p+1/t19-,20-/m1/s1.